The predicted molar refractivity (Wildman–Crippen MR) is 81.2 cm³/mol. The summed E-state index contributed by atoms with van der Waals surface area (Å²) in [5.41, 5.74) is 6.76. The van der Waals surface area contributed by atoms with Crippen LogP contribution in [0.2, 0.25) is 0 Å². The van der Waals surface area contributed by atoms with E-state index in [2.05, 4.69) is 15.3 Å². The van der Waals surface area contributed by atoms with Crippen molar-refractivity contribution in [1.29, 1.82) is 0 Å². The molecule has 0 saturated heterocycles. The molecule has 2 aromatic rings. The van der Waals surface area contributed by atoms with E-state index in [1.54, 1.807) is 6.07 Å². The lowest BCUT2D eigenvalue weighted by Gasteiger charge is -2.20. The normalized spacial score (nSPS) is 13.8. The van der Waals surface area contributed by atoms with Crippen LogP contribution in [0.15, 0.2) is 36.4 Å². The van der Waals surface area contributed by atoms with E-state index in [0.717, 1.165) is 5.56 Å². The summed E-state index contributed by atoms with van der Waals surface area (Å²) >= 11 is 0. The van der Waals surface area contributed by atoms with Gasteiger partial charge in [0.25, 0.3) is 0 Å². The van der Waals surface area contributed by atoms with Crippen LogP contribution >= 0.6 is 0 Å². The minimum absolute atomic E-state index is 0.0953. The molecule has 106 valence electrons. The van der Waals surface area contributed by atoms with E-state index < -0.39 is 0 Å². The molecule has 0 amide bonds. The molecule has 1 aromatic heterocycles. The predicted octanol–water partition coefficient (Wildman–Crippen LogP) is 2.15. The van der Waals surface area contributed by atoms with Gasteiger partial charge < -0.3 is 16.2 Å². The number of hydrogen-bond acceptors (Lipinski definition) is 5. The number of rotatable bonds is 5. The first-order valence-corrected chi connectivity index (χ1v) is 6.67. The molecule has 0 spiro atoms. The lowest BCUT2D eigenvalue weighted by Crippen LogP contribution is -2.26. The molecule has 5 heteroatoms. The second-order valence-corrected chi connectivity index (χ2v) is 4.96. The second-order valence-electron chi connectivity index (χ2n) is 4.96. The maximum atomic E-state index is 9.17. The Balaban J connectivity index is 2.25. The minimum Gasteiger partial charge on any atom is -0.396 e. The molecule has 0 aliphatic heterocycles. The topological polar surface area (TPSA) is 84.1 Å². The molecule has 0 radical (unpaired) electrons. The fraction of sp³-hybridized carbons (Fsp3) is 0.333. The highest BCUT2D eigenvalue weighted by molar-refractivity contribution is 5.60. The number of nitrogen functional groups attached to an aromatic ring is 1. The van der Waals surface area contributed by atoms with Gasteiger partial charge in [-0.25, -0.2) is 9.97 Å². The molecule has 20 heavy (non-hydrogen) atoms. The fourth-order valence-corrected chi connectivity index (χ4v) is 1.79. The quantitative estimate of drug-likeness (QED) is 0.776. The van der Waals surface area contributed by atoms with Crippen LogP contribution in [0.4, 0.5) is 11.6 Å². The van der Waals surface area contributed by atoms with Crippen molar-refractivity contribution < 1.29 is 5.11 Å². The van der Waals surface area contributed by atoms with Gasteiger partial charge in [0, 0.05) is 24.3 Å². The van der Waals surface area contributed by atoms with Gasteiger partial charge in [-0.1, -0.05) is 37.3 Å². The zero-order valence-corrected chi connectivity index (χ0v) is 11.7. The SMILES string of the molecule is CC(CO)C(C)Nc1cc(N)nc(-c2ccccc2)n1. The summed E-state index contributed by atoms with van der Waals surface area (Å²) in [5, 5.41) is 12.4. The zero-order chi connectivity index (χ0) is 14.5. The number of benzene rings is 1. The summed E-state index contributed by atoms with van der Waals surface area (Å²) in [6, 6.07) is 11.5. The van der Waals surface area contributed by atoms with Gasteiger partial charge in [-0.3, -0.25) is 0 Å². The van der Waals surface area contributed by atoms with Crippen molar-refractivity contribution in [3.63, 3.8) is 0 Å². The lowest BCUT2D eigenvalue weighted by molar-refractivity contribution is 0.226. The molecule has 0 aliphatic rings. The van der Waals surface area contributed by atoms with E-state index in [1.165, 1.54) is 0 Å². The van der Waals surface area contributed by atoms with Gasteiger partial charge in [-0.15, -0.1) is 0 Å². The molecule has 1 heterocycles. The van der Waals surface area contributed by atoms with E-state index >= 15 is 0 Å². The standard InChI is InChI=1S/C15H20N4O/c1-10(9-20)11(2)17-14-8-13(16)18-15(19-14)12-6-4-3-5-7-12/h3-8,10-11,20H,9H2,1-2H3,(H3,16,17,18,19). The van der Waals surface area contributed by atoms with Gasteiger partial charge in [0.15, 0.2) is 5.82 Å². The summed E-state index contributed by atoms with van der Waals surface area (Å²) in [6.45, 7) is 4.10. The summed E-state index contributed by atoms with van der Waals surface area (Å²) in [4.78, 5) is 8.73. The first-order valence-electron chi connectivity index (χ1n) is 6.67. The Hall–Kier alpha value is -2.14. The Morgan fingerprint density at radius 2 is 1.90 bits per heavy atom. The number of anilines is 2. The van der Waals surface area contributed by atoms with Gasteiger partial charge in [-0.05, 0) is 12.8 Å². The second kappa shape index (κ2) is 6.34. The van der Waals surface area contributed by atoms with Crippen LogP contribution < -0.4 is 11.1 Å². The number of aliphatic hydroxyl groups excluding tert-OH is 1. The Labute approximate surface area is 118 Å². The van der Waals surface area contributed by atoms with E-state index in [4.69, 9.17) is 5.73 Å². The van der Waals surface area contributed by atoms with Crippen molar-refractivity contribution in [2.75, 3.05) is 17.7 Å². The summed E-state index contributed by atoms with van der Waals surface area (Å²) < 4.78 is 0. The molecule has 4 N–H and O–H groups in total. The fourth-order valence-electron chi connectivity index (χ4n) is 1.79. The summed E-state index contributed by atoms with van der Waals surface area (Å²) in [5.74, 6) is 1.82. The number of aromatic nitrogens is 2. The molecule has 0 aliphatic carbocycles. The van der Waals surface area contributed by atoms with E-state index in [-0.39, 0.29) is 18.6 Å². The molecule has 2 unspecified atom stereocenters. The van der Waals surface area contributed by atoms with Crippen LogP contribution in [0.1, 0.15) is 13.8 Å². The highest BCUT2D eigenvalue weighted by atomic mass is 16.3. The van der Waals surface area contributed by atoms with Crippen LogP contribution in [0, 0.1) is 5.92 Å². The van der Waals surface area contributed by atoms with Crippen molar-refractivity contribution in [2.45, 2.75) is 19.9 Å². The summed E-state index contributed by atoms with van der Waals surface area (Å²) in [6.07, 6.45) is 0. The number of aliphatic hydroxyl groups is 1. The number of nitrogens with two attached hydrogens (primary N) is 1. The molecule has 0 saturated carbocycles. The monoisotopic (exact) mass is 272 g/mol. The van der Waals surface area contributed by atoms with Crippen molar-refractivity contribution >= 4 is 11.6 Å². The first kappa shape index (κ1) is 14.3. The van der Waals surface area contributed by atoms with Crippen LogP contribution in [-0.2, 0) is 0 Å². The Kier molecular flexibility index (Phi) is 4.53. The van der Waals surface area contributed by atoms with Crippen LogP contribution in [0.5, 0.6) is 0 Å². The van der Waals surface area contributed by atoms with Gasteiger partial charge in [0.05, 0.1) is 0 Å². The molecule has 0 fully saturated rings. The molecule has 5 nitrogen and oxygen atoms in total. The molecule has 2 rings (SSSR count). The highest BCUT2D eigenvalue weighted by Gasteiger charge is 2.12. The third-order valence-corrected chi connectivity index (χ3v) is 3.30. The van der Waals surface area contributed by atoms with Crippen molar-refractivity contribution in [1.82, 2.24) is 9.97 Å². The Bertz CT molecular complexity index is 559. The van der Waals surface area contributed by atoms with Gasteiger partial charge in [0.2, 0.25) is 0 Å². The lowest BCUT2D eigenvalue weighted by atomic mass is 10.1. The van der Waals surface area contributed by atoms with Gasteiger partial charge in [-0.2, -0.15) is 0 Å². The van der Waals surface area contributed by atoms with E-state index in [0.29, 0.717) is 17.5 Å². The molecular weight excluding hydrogens is 252 g/mol. The van der Waals surface area contributed by atoms with Crippen molar-refractivity contribution in [2.24, 2.45) is 5.92 Å². The average Bonchev–Trinajstić information content (AvgIpc) is 2.46. The molecule has 0 bridgehead atoms. The first-order chi connectivity index (χ1) is 9.60. The smallest absolute Gasteiger partial charge is 0.163 e. The minimum atomic E-state index is 0.0953. The zero-order valence-electron chi connectivity index (χ0n) is 11.7. The number of nitrogens with zero attached hydrogens (tertiary/aromatic N) is 2. The average molecular weight is 272 g/mol. The Morgan fingerprint density at radius 1 is 1.20 bits per heavy atom. The number of nitrogens with one attached hydrogen (secondary N) is 1. The number of hydrogen-bond donors (Lipinski definition) is 3. The molecule has 2 atom stereocenters. The third-order valence-electron chi connectivity index (χ3n) is 3.30. The maximum Gasteiger partial charge on any atom is 0.163 e. The third kappa shape index (κ3) is 3.45. The van der Waals surface area contributed by atoms with Crippen LogP contribution in [0.25, 0.3) is 11.4 Å². The molecular formula is C15H20N4O. The largest absolute Gasteiger partial charge is 0.396 e. The molecule has 1 aromatic carbocycles. The van der Waals surface area contributed by atoms with Crippen molar-refractivity contribution in [3.8, 4) is 11.4 Å². The van der Waals surface area contributed by atoms with E-state index in [9.17, 15) is 5.11 Å². The van der Waals surface area contributed by atoms with Crippen LogP contribution in [0.3, 0.4) is 0 Å². The van der Waals surface area contributed by atoms with Crippen molar-refractivity contribution in [3.05, 3.63) is 36.4 Å². The highest BCUT2D eigenvalue weighted by Crippen LogP contribution is 2.19. The summed E-state index contributed by atoms with van der Waals surface area (Å²) in [7, 11) is 0. The maximum absolute atomic E-state index is 9.17. The van der Waals surface area contributed by atoms with Gasteiger partial charge in [0.1, 0.15) is 11.6 Å². The van der Waals surface area contributed by atoms with Crippen LogP contribution in [-0.4, -0.2) is 27.7 Å². The van der Waals surface area contributed by atoms with E-state index in [1.807, 2.05) is 44.2 Å². The Morgan fingerprint density at radius 3 is 2.55 bits per heavy atom. The van der Waals surface area contributed by atoms with Gasteiger partial charge >= 0.3 is 0 Å².